The van der Waals surface area contributed by atoms with Crippen molar-refractivity contribution in [1.82, 2.24) is 5.43 Å². The van der Waals surface area contributed by atoms with E-state index in [-0.39, 0.29) is 6.04 Å². The number of rotatable bonds is 4. The summed E-state index contributed by atoms with van der Waals surface area (Å²) in [4.78, 5) is 0. The maximum Gasteiger partial charge on any atom is 0.161 e. The lowest BCUT2D eigenvalue weighted by Gasteiger charge is -2.37. The van der Waals surface area contributed by atoms with Gasteiger partial charge in [-0.1, -0.05) is 38.7 Å². The van der Waals surface area contributed by atoms with Crippen molar-refractivity contribution in [1.29, 1.82) is 0 Å². The first kappa shape index (κ1) is 14.7. The first-order valence-corrected chi connectivity index (χ1v) is 8.19. The Labute approximate surface area is 127 Å². The fourth-order valence-corrected chi connectivity index (χ4v) is 3.90. The molecule has 1 heterocycles. The van der Waals surface area contributed by atoms with Crippen LogP contribution in [0.25, 0.3) is 0 Å². The van der Waals surface area contributed by atoms with E-state index < -0.39 is 0 Å². The molecule has 3 N–H and O–H groups in total. The van der Waals surface area contributed by atoms with E-state index in [1.807, 2.05) is 6.07 Å². The number of nitrogens with one attached hydrogen (secondary N) is 1. The van der Waals surface area contributed by atoms with E-state index in [4.69, 9.17) is 15.3 Å². The van der Waals surface area contributed by atoms with Crippen molar-refractivity contribution < 1.29 is 9.47 Å². The fourth-order valence-electron chi connectivity index (χ4n) is 3.90. The maximum absolute atomic E-state index is 5.91. The van der Waals surface area contributed by atoms with E-state index in [0.717, 1.165) is 17.4 Å². The number of hydrogen-bond acceptors (Lipinski definition) is 4. The lowest BCUT2D eigenvalue weighted by molar-refractivity contribution is 0.166. The zero-order valence-electron chi connectivity index (χ0n) is 12.8. The topological polar surface area (TPSA) is 56.5 Å². The van der Waals surface area contributed by atoms with Crippen LogP contribution in [0.5, 0.6) is 11.5 Å². The predicted octanol–water partition coefficient (Wildman–Crippen LogP) is 3.18. The Hall–Kier alpha value is -1.26. The molecule has 1 fully saturated rings. The lowest BCUT2D eigenvalue weighted by Crippen LogP contribution is -2.38. The molecule has 0 aromatic heterocycles. The summed E-state index contributed by atoms with van der Waals surface area (Å²) in [7, 11) is 0. The molecule has 1 aliphatic carbocycles. The van der Waals surface area contributed by atoms with Crippen LogP contribution in [0, 0.1) is 11.8 Å². The minimum atomic E-state index is 0.200. The highest BCUT2D eigenvalue weighted by Crippen LogP contribution is 2.42. The molecule has 0 bridgehead atoms. The molecule has 1 aromatic carbocycles. The Morgan fingerprint density at radius 1 is 1.19 bits per heavy atom. The smallest absolute Gasteiger partial charge is 0.161 e. The molecule has 0 saturated heterocycles. The van der Waals surface area contributed by atoms with Crippen molar-refractivity contribution in [3.63, 3.8) is 0 Å². The summed E-state index contributed by atoms with van der Waals surface area (Å²) in [5, 5.41) is 0. The highest BCUT2D eigenvalue weighted by Gasteiger charge is 2.31. The van der Waals surface area contributed by atoms with Crippen LogP contribution in [-0.2, 0) is 0 Å². The molecular formula is C17H26N2O2. The summed E-state index contributed by atoms with van der Waals surface area (Å²) in [6.45, 7) is 3.55. The number of ether oxygens (including phenoxy) is 2. The van der Waals surface area contributed by atoms with Crippen LogP contribution in [-0.4, -0.2) is 13.2 Å². The van der Waals surface area contributed by atoms with Gasteiger partial charge in [0.05, 0.1) is 0 Å². The quantitative estimate of drug-likeness (QED) is 0.660. The maximum atomic E-state index is 5.91. The third kappa shape index (κ3) is 3.01. The van der Waals surface area contributed by atoms with Crippen molar-refractivity contribution in [2.75, 3.05) is 13.2 Å². The van der Waals surface area contributed by atoms with E-state index in [2.05, 4.69) is 24.5 Å². The summed E-state index contributed by atoms with van der Waals surface area (Å²) in [5.41, 5.74) is 4.28. The molecule has 1 saturated carbocycles. The monoisotopic (exact) mass is 290 g/mol. The number of nitrogens with two attached hydrogens (primary N) is 1. The van der Waals surface area contributed by atoms with E-state index in [0.29, 0.717) is 19.1 Å². The third-order valence-electron chi connectivity index (χ3n) is 5.03. The van der Waals surface area contributed by atoms with Gasteiger partial charge in [-0.25, -0.2) is 0 Å². The minimum absolute atomic E-state index is 0.200. The van der Waals surface area contributed by atoms with E-state index in [1.54, 1.807) is 0 Å². The van der Waals surface area contributed by atoms with Crippen LogP contribution in [0.3, 0.4) is 0 Å². The standard InChI is InChI=1S/C17H26N2O2/c1-2-12-5-3-4-6-14(12)17(19-18)13-7-8-15-16(11-13)21-10-9-20-15/h7-8,11-12,14,17,19H,2-6,9-10,18H2,1H3. The second-order valence-corrected chi connectivity index (χ2v) is 6.16. The van der Waals surface area contributed by atoms with Crippen LogP contribution in [0.15, 0.2) is 18.2 Å². The molecule has 4 nitrogen and oxygen atoms in total. The average Bonchev–Trinajstić information content (AvgIpc) is 2.56. The van der Waals surface area contributed by atoms with Crippen molar-refractivity contribution in [2.24, 2.45) is 17.7 Å². The molecular weight excluding hydrogens is 264 g/mol. The van der Waals surface area contributed by atoms with Crippen molar-refractivity contribution in [2.45, 2.75) is 45.1 Å². The third-order valence-corrected chi connectivity index (χ3v) is 5.03. The van der Waals surface area contributed by atoms with Gasteiger partial charge in [0.2, 0.25) is 0 Å². The van der Waals surface area contributed by atoms with Gasteiger partial charge in [-0.2, -0.15) is 0 Å². The Morgan fingerprint density at radius 3 is 2.71 bits per heavy atom. The predicted molar refractivity (Wildman–Crippen MR) is 83.2 cm³/mol. The number of hydrogen-bond donors (Lipinski definition) is 2. The SMILES string of the molecule is CCC1CCCCC1C(NN)c1ccc2c(c1)OCCO2. The fraction of sp³-hybridized carbons (Fsp3) is 0.647. The Morgan fingerprint density at radius 2 is 1.95 bits per heavy atom. The lowest BCUT2D eigenvalue weighted by atomic mass is 9.72. The molecule has 0 amide bonds. The Bertz CT molecular complexity index is 478. The van der Waals surface area contributed by atoms with Crippen LogP contribution < -0.4 is 20.7 Å². The Kier molecular flexibility index (Phi) is 4.66. The van der Waals surface area contributed by atoms with Gasteiger partial charge in [-0.3, -0.25) is 11.3 Å². The van der Waals surface area contributed by atoms with Crippen molar-refractivity contribution >= 4 is 0 Å². The molecule has 3 unspecified atom stereocenters. The summed E-state index contributed by atoms with van der Waals surface area (Å²) in [5.74, 6) is 8.97. The van der Waals surface area contributed by atoms with Gasteiger partial charge in [0, 0.05) is 6.04 Å². The molecule has 116 valence electrons. The largest absolute Gasteiger partial charge is 0.486 e. The van der Waals surface area contributed by atoms with E-state index >= 15 is 0 Å². The molecule has 4 heteroatoms. The first-order chi connectivity index (χ1) is 10.3. The number of benzene rings is 1. The minimum Gasteiger partial charge on any atom is -0.486 e. The molecule has 1 aliphatic heterocycles. The summed E-state index contributed by atoms with van der Waals surface area (Å²) < 4.78 is 11.3. The zero-order valence-corrected chi connectivity index (χ0v) is 12.8. The molecule has 21 heavy (non-hydrogen) atoms. The average molecular weight is 290 g/mol. The number of fused-ring (bicyclic) bond motifs is 1. The highest BCUT2D eigenvalue weighted by molar-refractivity contribution is 5.44. The van der Waals surface area contributed by atoms with Gasteiger partial charge >= 0.3 is 0 Å². The molecule has 3 atom stereocenters. The second-order valence-electron chi connectivity index (χ2n) is 6.16. The van der Waals surface area contributed by atoms with Gasteiger partial charge in [-0.15, -0.1) is 0 Å². The zero-order chi connectivity index (χ0) is 14.7. The molecule has 0 radical (unpaired) electrons. The van der Waals surface area contributed by atoms with E-state index in [9.17, 15) is 0 Å². The van der Waals surface area contributed by atoms with Crippen LogP contribution >= 0.6 is 0 Å². The van der Waals surface area contributed by atoms with Gasteiger partial charge in [0.15, 0.2) is 11.5 Å². The highest BCUT2D eigenvalue weighted by atomic mass is 16.6. The molecule has 3 rings (SSSR count). The van der Waals surface area contributed by atoms with Gasteiger partial charge in [0.1, 0.15) is 13.2 Å². The van der Waals surface area contributed by atoms with Gasteiger partial charge < -0.3 is 9.47 Å². The van der Waals surface area contributed by atoms with Gasteiger partial charge in [0.25, 0.3) is 0 Å². The van der Waals surface area contributed by atoms with Crippen LogP contribution in [0.4, 0.5) is 0 Å². The van der Waals surface area contributed by atoms with Gasteiger partial charge in [-0.05, 0) is 36.0 Å². The molecule has 1 aromatic rings. The summed E-state index contributed by atoms with van der Waals surface area (Å²) in [6.07, 6.45) is 6.47. The van der Waals surface area contributed by atoms with Crippen LogP contribution in [0.2, 0.25) is 0 Å². The van der Waals surface area contributed by atoms with E-state index in [1.165, 1.54) is 37.7 Å². The molecule has 0 spiro atoms. The van der Waals surface area contributed by atoms with Crippen molar-refractivity contribution in [3.05, 3.63) is 23.8 Å². The molecule has 2 aliphatic rings. The summed E-state index contributed by atoms with van der Waals surface area (Å²) in [6, 6.07) is 6.43. The first-order valence-electron chi connectivity index (χ1n) is 8.19. The Balaban J connectivity index is 1.85. The summed E-state index contributed by atoms with van der Waals surface area (Å²) >= 11 is 0. The number of hydrazine groups is 1. The second kappa shape index (κ2) is 6.67. The van der Waals surface area contributed by atoms with Crippen molar-refractivity contribution in [3.8, 4) is 11.5 Å². The normalized spacial score (nSPS) is 26.4. The van der Waals surface area contributed by atoms with Crippen LogP contribution in [0.1, 0.15) is 50.6 Å².